The zero-order valence-corrected chi connectivity index (χ0v) is 18.7. The fraction of sp³-hybridized carbons (Fsp3) is 0.0455. The fourth-order valence-corrected chi connectivity index (χ4v) is 3.51. The van der Waals surface area contributed by atoms with Crippen LogP contribution in [0.4, 0.5) is 5.69 Å². The zero-order chi connectivity index (χ0) is 21.3. The van der Waals surface area contributed by atoms with E-state index in [0.29, 0.717) is 39.4 Å². The zero-order valence-electron chi connectivity index (χ0n) is 15.8. The maximum absolute atomic E-state index is 12.4. The van der Waals surface area contributed by atoms with Crippen molar-refractivity contribution in [2.24, 2.45) is 0 Å². The van der Waals surface area contributed by atoms with Crippen LogP contribution < -0.4 is 10.6 Å². The number of carbonyl (C=O) groups is 1. The lowest BCUT2D eigenvalue weighted by atomic mass is 10.1. The van der Waals surface area contributed by atoms with Gasteiger partial charge in [-0.05, 0) is 95.8 Å². The number of carbonyl (C=O) groups excluding carboxylic acids is 1. The van der Waals surface area contributed by atoms with Crippen molar-refractivity contribution in [2.75, 3.05) is 5.32 Å². The molecule has 1 aromatic heterocycles. The van der Waals surface area contributed by atoms with Gasteiger partial charge in [0.2, 0.25) is 5.89 Å². The molecule has 4 aromatic rings. The predicted molar refractivity (Wildman–Crippen MR) is 129 cm³/mol. The maximum atomic E-state index is 12.4. The highest BCUT2D eigenvalue weighted by Crippen LogP contribution is 2.36. The van der Waals surface area contributed by atoms with Crippen LogP contribution in [0.3, 0.4) is 0 Å². The van der Waals surface area contributed by atoms with Crippen LogP contribution in [0.15, 0.2) is 65.1 Å². The third-order valence-electron chi connectivity index (χ3n) is 4.42. The molecule has 3 N–H and O–H groups in total. The first-order valence-corrected chi connectivity index (χ1v) is 10.5. The van der Waals surface area contributed by atoms with Gasteiger partial charge in [0.25, 0.3) is 5.91 Å². The van der Waals surface area contributed by atoms with Gasteiger partial charge in [0.05, 0.1) is 5.56 Å². The van der Waals surface area contributed by atoms with Crippen molar-refractivity contribution in [1.82, 2.24) is 10.3 Å². The molecule has 0 radical (unpaired) electrons. The first-order valence-electron chi connectivity index (χ1n) is 8.98. The van der Waals surface area contributed by atoms with Crippen molar-refractivity contribution in [3.8, 4) is 17.2 Å². The Balaban J connectivity index is 1.56. The second kappa shape index (κ2) is 8.41. The lowest BCUT2D eigenvalue weighted by Crippen LogP contribution is -2.34. The van der Waals surface area contributed by atoms with E-state index in [1.807, 2.05) is 36.4 Å². The molecule has 0 atom stereocenters. The number of rotatable bonds is 3. The summed E-state index contributed by atoms with van der Waals surface area (Å²) in [6.45, 7) is 1.76. The molecule has 0 aliphatic carbocycles. The van der Waals surface area contributed by atoms with Crippen molar-refractivity contribution in [2.45, 2.75) is 6.92 Å². The molecule has 1 heterocycles. The Bertz CT molecular complexity index is 1240. The molecule has 0 bridgehead atoms. The summed E-state index contributed by atoms with van der Waals surface area (Å²) in [5, 5.41) is 16.3. The second-order valence-electron chi connectivity index (χ2n) is 6.59. The average Bonchev–Trinajstić information content (AvgIpc) is 3.15. The Hall–Kier alpha value is -2.98. The van der Waals surface area contributed by atoms with E-state index in [-0.39, 0.29) is 16.8 Å². The van der Waals surface area contributed by atoms with Crippen LogP contribution in [0.1, 0.15) is 15.9 Å². The monoisotopic (exact) mass is 529 g/mol. The Morgan fingerprint density at radius 1 is 1.13 bits per heavy atom. The summed E-state index contributed by atoms with van der Waals surface area (Å²) in [6, 6.07) is 17.9. The normalized spacial score (nSPS) is 10.7. The van der Waals surface area contributed by atoms with E-state index in [1.165, 1.54) is 0 Å². The highest BCUT2D eigenvalue weighted by Gasteiger charge is 2.16. The number of para-hydroxylation sites is 2. The van der Waals surface area contributed by atoms with Crippen LogP contribution in [-0.2, 0) is 0 Å². The van der Waals surface area contributed by atoms with Gasteiger partial charge in [-0.15, -0.1) is 0 Å². The number of phenols is 1. The van der Waals surface area contributed by atoms with Gasteiger partial charge in [0, 0.05) is 14.8 Å². The molecular weight excluding hydrogens is 513 g/mol. The van der Waals surface area contributed by atoms with Crippen molar-refractivity contribution < 1.29 is 14.3 Å². The van der Waals surface area contributed by atoms with E-state index in [4.69, 9.17) is 16.6 Å². The van der Waals surface area contributed by atoms with E-state index >= 15 is 0 Å². The smallest absolute Gasteiger partial charge is 0.257 e. The van der Waals surface area contributed by atoms with Crippen molar-refractivity contribution in [1.29, 1.82) is 0 Å². The number of aryl methyl sites for hydroxylation is 1. The molecular formula is C22H16IN3O3S. The SMILES string of the molecule is Cc1cc(NC(=S)NC(=O)c2ccc(I)cc2)cc(-c2nc3ccccc3o2)c1O. The van der Waals surface area contributed by atoms with Crippen LogP contribution in [0.25, 0.3) is 22.6 Å². The Morgan fingerprint density at radius 3 is 2.60 bits per heavy atom. The first-order chi connectivity index (χ1) is 14.4. The molecule has 150 valence electrons. The van der Waals surface area contributed by atoms with Gasteiger partial charge in [0.1, 0.15) is 11.3 Å². The predicted octanol–water partition coefficient (Wildman–Crippen LogP) is 5.24. The fourth-order valence-electron chi connectivity index (χ4n) is 2.94. The van der Waals surface area contributed by atoms with Gasteiger partial charge in [-0.25, -0.2) is 4.98 Å². The molecule has 0 spiro atoms. The lowest BCUT2D eigenvalue weighted by Gasteiger charge is -2.12. The van der Waals surface area contributed by atoms with Gasteiger partial charge in [0.15, 0.2) is 10.7 Å². The summed E-state index contributed by atoms with van der Waals surface area (Å²) in [4.78, 5) is 16.8. The Labute approximate surface area is 191 Å². The van der Waals surface area contributed by atoms with Crippen LogP contribution in [0.2, 0.25) is 0 Å². The quantitative estimate of drug-likeness (QED) is 0.191. The molecule has 30 heavy (non-hydrogen) atoms. The molecule has 3 aromatic carbocycles. The number of nitrogens with zero attached hydrogens (tertiary/aromatic N) is 1. The molecule has 0 saturated heterocycles. The number of aromatic hydroxyl groups is 1. The number of fused-ring (bicyclic) bond motifs is 1. The number of hydrogen-bond acceptors (Lipinski definition) is 5. The van der Waals surface area contributed by atoms with Crippen molar-refractivity contribution in [3.63, 3.8) is 0 Å². The summed E-state index contributed by atoms with van der Waals surface area (Å²) in [5.74, 6) is 0.0637. The highest BCUT2D eigenvalue weighted by atomic mass is 127. The first kappa shape index (κ1) is 20.3. The molecule has 1 amide bonds. The molecule has 0 aliphatic rings. The van der Waals surface area contributed by atoms with Gasteiger partial charge in [-0.2, -0.15) is 0 Å². The van der Waals surface area contributed by atoms with E-state index < -0.39 is 0 Å². The number of nitrogens with one attached hydrogen (secondary N) is 2. The summed E-state index contributed by atoms with van der Waals surface area (Å²) >= 11 is 7.46. The van der Waals surface area contributed by atoms with Gasteiger partial charge < -0.3 is 14.8 Å². The molecule has 0 saturated carbocycles. The van der Waals surface area contributed by atoms with E-state index in [9.17, 15) is 9.90 Å². The standard InChI is InChI=1S/C22H16IN3O3S/c1-12-10-15(24-22(30)26-20(28)13-6-8-14(23)9-7-13)11-16(19(12)27)21-25-17-4-2-3-5-18(17)29-21/h2-11,27H,1H3,(H2,24,26,28,30). The molecule has 0 aliphatic heterocycles. The molecule has 6 nitrogen and oxygen atoms in total. The van der Waals surface area contributed by atoms with Crippen LogP contribution in [0.5, 0.6) is 5.75 Å². The highest BCUT2D eigenvalue weighted by molar-refractivity contribution is 14.1. The Kier molecular flexibility index (Phi) is 5.69. The summed E-state index contributed by atoms with van der Waals surface area (Å²) in [6.07, 6.45) is 0. The van der Waals surface area contributed by atoms with E-state index in [0.717, 1.165) is 3.57 Å². The lowest BCUT2D eigenvalue weighted by molar-refractivity contribution is 0.0977. The largest absolute Gasteiger partial charge is 0.507 e. The van der Waals surface area contributed by atoms with Gasteiger partial charge >= 0.3 is 0 Å². The van der Waals surface area contributed by atoms with Crippen molar-refractivity contribution >= 4 is 62.6 Å². The molecule has 0 fully saturated rings. The average molecular weight is 529 g/mol. The molecule has 8 heteroatoms. The van der Waals surface area contributed by atoms with Gasteiger partial charge in [-0.3, -0.25) is 10.1 Å². The minimum Gasteiger partial charge on any atom is -0.507 e. The summed E-state index contributed by atoms with van der Waals surface area (Å²) in [7, 11) is 0. The van der Waals surface area contributed by atoms with E-state index in [2.05, 4.69) is 38.2 Å². The summed E-state index contributed by atoms with van der Waals surface area (Å²) in [5.41, 5.74) is 3.47. The third kappa shape index (κ3) is 4.29. The van der Waals surface area contributed by atoms with Gasteiger partial charge in [-0.1, -0.05) is 12.1 Å². The van der Waals surface area contributed by atoms with E-state index in [1.54, 1.807) is 31.2 Å². The van der Waals surface area contributed by atoms with Crippen molar-refractivity contribution in [3.05, 3.63) is 75.4 Å². The van der Waals surface area contributed by atoms with Crippen LogP contribution in [0, 0.1) is 10.5 Å². The number of thiocarbonyl (C=S) groups is 1. The molecule has 4 rings (SSSR count). The second-order valence-corrected chi connectivity index (χ2v) is 8.25. The molecule has 0 unspecified atom stereocenters. The number of anilines is 1. The minimum atomic E-state index is -0.307. The maximum Gasteiger partial charge on any atom is 0.257 e. The van der Waals surface area contributed by atoms with Crippen LogP contribution >= 0.6 is 34.8 Å². The minimum absolute atomic E-state index is 0.0703. The summed E-state index contributed by atoms with van der Waals surface area (Å²) < 4.78 is 6.82. The van der Waals surface area contributed by atoms with Crippen LogP contribution in [-0.4, -0.2) is 21.1 Å². The number of aromatic nitrogens is 1. The number of amides is 1. The third-order valence-corrected chi connectivity index (χ3v) is 5.34. The number of halogens is 1. The number of hydrogen-bond donors (Lipinski definition) is 3. The number of phenolic OH excluding ortho intramolecular Hbond substituents is 1. The number of oxazole rings is 1. The topological polar surface area (TPSA) is 87.4 Å². The number of benzene rings is 3. The Morgan fingerprint density at radius 2 is 1.87 bits per heavy atom.